The van der Waals surface area contributed by atoms with Gasteiger partial charge in [-0.15, -0.1) is 0 Å². The molecule has 0 aliphatic heterocycles. The van der Waals surface area contributed by atoms with E-state index in [1.54, 1.807) is 20.8 Å². The van der Waals surface area contributed by atoms with Gasteiger partial charge < -0.3 is 9.88 Å². The summed E-state index contributed by atoms with van der Waals surface area (Å²) in [6.45, 7) is 9.19. The maximum atomic E-state index is 13.2. The summed E-state index contributed by atoms with van der Waals surface area (Å²) in [5.74, 6) is -0.825. The van der Waals surface area contributed by atoms with Gasteiger partial charge in [-0.1, -0.05) is 34.6 Å². The minimum Gasteiger partial charge on any atom is -0.340 e. The van der Waals surface area contributed by atoms with Crippen molar-refractivity contribution in [3.05, 3.63) is 34.2 Å². The molecular formula is C17H25F3N2O2. The molecule has 0 aromatic carbocycles. The summed E-state index contributed by atoms with van der Waals surface area (Å²) in [6.07, 6.45) is -3.32. The van der Waals surface area contributed by atoms with Gasteiger partial charge in [-0.3, -0.25) is 9.59 Å². The van der Waals surface area contributed by atoms with Crippen LogP contribution in [0.5, 0.6) is 0 Å². The third-order valence-electron chi connectivity index (χ3n) is 3.34. The zero-order chi connectivity index (χ0) is 18.7. The predicted molar refractivity (Wildman–Crippen MR) is 86.9 cm³/mol. The topological polar surface area (TPSA) is 51.1 Å². The second-order valence-corrected chi connectivity index (χ2v) is 7.61. The number of carbonyl (C=O) groups is 1. The highest BCUT2D eigenvalue weighted by Gasteiger charge is 2.42. The predicted octanol–water partition coefficient (Wildman–Crippen LogP) is 3.60. The summed E-state index contributed by atoms with van der Waals surface area (Å²) in [4.78, 5) is 24.5. The average Bonchev–Trinajstić information content (AvgIpc) is 2.37. The number of amides is 1. The molecule has 1 unspecified atom stereocenters. The Morgan fingerprint density at radius 3 is 2.29 bits per heavy atom. The fourth-order valence-electron chi connectivity index (χ4n) is 2.34. The van der Waals surface area contributed by atoms with Crippen molar-refractivity contribution in [1.29, 1.82) is 0 Å². The van der Waals surface area contributed by atoms with E-state index in [1.165, 1.54) is 22.9 Å². The molecule has 1 aromatic heterocycles. The van der Waals surface area contributed by atoms with Crippen molar-refractivity contribution < 1.29 is 18.0 Å². The summed E-state index contributed by atoms with van der Waals surface area (Å²) < 4.78 is 40.9. The maximum Gasteiger partial charge on any atom is 0.408 e. The largest absolute Gasteiger partial charge is 0.408 e. The molecule has 0 bridgehead atoms. The molecule has 4 nitrogen and oxygen atoms in total. The third kappa shape index (κ3) is 6.02. The number of hydrogen-bond donors (Lipinski definition) is 1. The Bertz CT molecular complexity index is 628. The number of halogens is 3. The SMILES string of the molecule is CC(C)Cn1cccc(C(=O)NC(CC(C)(C)C)C(F)(F)F)c1=O. The first-order valence-electron chi connectivity index (χ1n) is 7.88. The first-order valence-corrected chi connectivity index (χ1v) is 7.88. The van der Waals surface area contributed by atoms with Gasteiger partial charge in [0.05, 0.1) is 0 Å². The van der Waals surface area contributed by atoms with Crippen LogP contribution in [0, 0.1) is 11.3 Å². The van der Waals surface area contributed by atoms with Crippen molar-refractivity contribution in [2.24, 2.45) is 11.3 Å². The smallest absolute Gasteiger partial charge is 0.340 e. The minimum absolute atomic E-state index is 0.171. The zero-order valence-electron chi connectivity index (χ0n) is 14.7. The molecule has 1 aromatic rings. The summed E-state index contributed by atoms with van der Waals surface area (Å²) in [6, 6.07) is 0.743. The summed E-state index contributed by atoms with van der Waals surface area (Å²) in [7, 11) is 0. The van der Waals surface area contributed by atoms with Gasteiger partial charge in [0.25, 0.3) is 11.5 Å². The van der Waals surface area contributed by atoms with E-state index in [2.05, 4.69) is 0 Å². The van der Waals surface area contributed by atoms with Crippen LogP contribution >= 0.6 is 0 Å². The van der Waals surface area contributed by atoms with Crippen molar-refractivity contribution >= 4 is 5.91 Å². The maximum absolute atomic E-state index is 13.2. The first kappa shape index (κ1) is 20.3. The van der Waals surface area contributed by atoms with Crippen molar-refractivity contribution in [2.45, 2.75) is 59.8 Å². The second kappa shape index (κ2) is 7.40. The molecule has 1 amide bonds. The number of hydrogen-bond acceptors (Lipinski definition) is 2. The lowest BCUT2D eigenvalue weighted by molar-refractivity contribution is -0.159. The molecule has 136 valence electrons. The molecule has 1 rings (SSSR count). The normalized spacial score (nSPS) is 13.9. The molecule has 0 aliphatic carbocycles. The fourth-order valence-corrected chi connectivity index (χ4v) is 2.34. The zero-order valence-corrected chi connectivity index (χ0v) is 14.7. The molecule has 0 fully saturated rings. The van der Waals surface area contributed by atoms with Crippen LogP contribution < -0.4 is 10.9 Å². The van der Waals surface area contributed by atoms with Crippen LogP contribution in [0.1, 0.15) is 51.4 Å². The van der Waals surface area contributed by atoms with Gasteiger partial charge in [0.2, 0.25) is 0 Å². The van der Waals surface area contributed by atoms with Gasteiger partial charge >= 0.3 is 6.18 Å². The molecule has 1 N–H and O–H groups in total. The number of nitrogens with zero attached hydrogens (tertiary/aromatic N) is 1. The standard InChI is InChI=1S/C17H25F3N2O2/c1-11(2)10-22-8-6-7-12(15(22)24)14(23)21-13(17(18,19)20)9-16(3,4)5/h6-8,11,13H,9-10H2,1-5H3,(H,21,23). The van der Waals surface area contributed by atoms with Crippen LogP contribution in [0.4, 0.5) is 13.2 Å². The molecular weight excluding hydrogens is 321 g/mol. The summed E-state index contributed by atoms with van der Waals surface area (Å²) >= 11 is 0. The van der Waals surface area contributed by atoms with E-state index < -0.39 is 29.1 Å². The Morgan fingerprint density at radius 2 is 1.83 bits per heavy atom. The van der Waals surface area contributed by atoms with Gasteiger partial charge in [-0.25, -0.2) is 0 Å². The molecule has 24 heavy (non-hydrogen) atoms. The van der Waals surface area contributed by atoms with Gasteiger partial charge in [0.1, 0.15) is 11.6 Å². The van der Waals surface area contributed by atoms with Gasteiger partial charge in [-0.2, -0.15) is 13.2 Å². The fraction of sp³-hybridized carbons (Fsp3) is 0.647. The highest BCUT2D eigenvalue weighted by Crippen LogP contribution is 2.30. The third-order valence-corrected chi connectivity index (χ3v) is 3.34. The first-order chi connectivity index (χ1) is 10.8. The van der Waals surface area contributed by atoms with E-state index in [-0.39, 0.29) is 17.9 Å². The van der Waals surface area contributed by atoms with E-state index in [0.29, 0.717) is 6.54 Å². The van der Waals surface area contributed by atoms with Gasteiger partial charge in [-0.05, 0) is 29.9 Å². The van der Waals surface area contributed by atoms with Crippen LogP contribution in [-0.4, -0.2) is 22.7 Å². The Hall–Kier alpha value is -1.79. The Kier molecular flexibility index (Phi) is 6.25. The van der Waals surface area contributed by atoms with Gasteiger partial charge in [0, 0.05) is 12.7 Å². The lowest BCUT2D eigenvalue weighted by Gasteiger charge is -2.28. The molecule has 1 atom stereocenters. The quantitative estimate of drug-likeness (QED) is 0.886. The van der Waals surface area contributed by atoms with Crippen LogP contribution in [0.2, 0.25) is 0 Å². The molecule has 0 radical (unpaired) electrons. The van der Waals surface area contributed by atoms with Crippen molar-refractivity contribution in [1.82, 2.24) is 9.88 Å². The molecule has 0 saturated carbocycles. The monoisotopic (exact) mass is 346 g/mol. The van der Waals surface area contributed by atoms with E-state index in [9.17, 15) is 22.8 Å². The van der Waals surface area contributed by atoms with Crippen molar-refractivity contribution in [3.63, 3.8) is 0 Å². The van der Waals surface area contributed by atoms with Crippen molar-refractivity contribution in [3.8, 4) is 0 Å². The Balaban J connectivity index is 3.06. The molecule has 0 saturated heterocycles. The molecule has 0 spiro atoms. The van der Waals surface area contributed by atoms with Gasteiger partial charge in [0.15, 0.2) is 0 Å². The molecule has 1 heterocycles. The van der Waals surface area contributed by atoms with Crippen molar-refractivity contribution in [2.75, 3.05) is 0 Å². The molecule has 0 aliphatic rings. The highest BCUT2D eigenvalue weighted by atomic mass is 19.4. The Morgan fingerprint density at radius 1 is 1.25 bits per heavy atom. The highest BCUT2D eigenvalue weighted by molar-refractivity contribution is 5.94. The number of carbonyl (C=O) groups excluding carboxylic acids is 1. The second-order valence-electron chi connectivity index (χ2n) is 7.61. The van der Waals surface area contributed by atoms with Crippen LogP contribution in [0.15, 0.2) is 23.1 Å². The van der Waals surface area contributed by atoms with Crippen LogP contribution in [-0.2, 0) is 6.54 Å². The van der Waals surface area contributed by atoms with E-state index in [4.69, 9.17) is 0 Å². The lowest BCUT2D eigenvalue weighted by Crippen LogP contribution is -2.48. The molecule has 7 heteroatoms. The van der Waals surface area contributed by atoms with Crippen LogP contribution in [0.3, 0.4) is 0 Å². The van der Waals surface area contributed by atoms with Crippen LogP contribution in [0.25, 0.3) is 0 Å². The summed E-state index contributed by atoms with van der Waals surface area (Å²) in [5, 5.41) is 1.97. The number of nitrogens with one attached hydrogen (secondary N) is 1. The van der Waals surface area contributed by atoms with E-state index in [1.807, 2.05) is 19.2 Å². The average molecular weight is 346 g/mol. The lowest BCUT2D eigenvalue weighted by atomic mass is 9.87. The van der Waals surface area contributed by atoms with E-state index >= 15 is 0 Å². The van der Waals surface area contributed by atoms with E-state index in [0.717, 1.165) is 0 Å². The number of alkyl halides is 3. The number of pyridine rings is 1. The number of aromatic nitrogens is 1. The number of rotatable bonds is 5. The minimum atomic E-state index is -4.57. The Labute approximate surface area is 140 Å². The summed E-state index contributed by atoms with van der Waals surface area (Å²) in [5.41, 5.74) is -1.48.